The summed E-state index contributed by atoms with van der Waals surface area (Å²) in [6.07, 6.45) is 6.75. The Balaban J connectivity index is 1.53. The van der Waals surface area contributed by atoms with Crippen LogP contribution < -0.4 is 10.4 Å². The molecule has 34 heavy (non-hydrogen) atoms. The monoisotopic (exact) mass is 467 g/mol. The Hall–Kier alpha value is -2.67. The molecular formula is C27H33NO6. The summed E-state index contributed by atoms with van der Waals surface area (Å²) in [5.41, 5.74) is -0.241. The minimum absolute atomic E-state index is 0.0529. The molecule has 2 saturated carbocycles. The van der Waals surface area contributed by atoms with Crippen LogP contribution in [0.15, 0.2) is 39.8 Å². The van der Waals surface area contributed by atoms with Crippen molar-refractivity contribution >= 4 is 5.97 Å². The van der Waals surface area contributed by atoms with Gasteiger partial charge in [-0.15, -0.1) is 0 Å². The van der Waals surface area contributed by atoms with Crippen LogP contribution in [-0.4, -0.2) is 34.4 Å². The van der Waals surface area contributed by atoms with E-state index < -0.39 is 11.0 Å². The van der Waals surface area contributed by atoms with Gasteiger partial charge in [0.1, 0.15) is 23.2 Å². The van der Waals surface area contributed by atoms with Crippen molar-refractivity contribution < 1.29 is 23.8 Å². The SMILES string of the molecule is CC(=O)OC1CCC2(C)C3Cc4c(cc(-c5cccnc5)oc4=O)OC3(C)CCC2C1(C)CO. The number of hydrogen-bond acceptors (Lipinski definition) is 7. The average Bonchev–Trinajstić information content (AvgIpc) is 2.80. The third-order valence-corrected chi connectivity index (χ3v) is 9.09. The number of ether oxygens (including phenoxy) is 2. The predicted octanol–water partition coefficient (Wildman–Crippen LogP) is 4.15. The molecule has 7 heteroatoms. The van der Waals surface area contributed by atoms with Crippen LogP contribution in [0.5, 0.6) is 5.75 Å². The zero-order chi connectivity index (χ0) is 24.3. The summed E-state index contributed by atoms with van der Waals surface area (Å²) in [4.78, 5) is 29.0. The summed E-state index contributed by atoms with van der Waals surface area (Å²) in [5.74, 6) is 0.935. The largest absolute Gasteiger partial charge is 0.487 e. The fourth-order valence-electron chi connectivity index (χ4n) is 7.36. The molecule has 2 aliphatic carbocycles. The van der Waals surface area contributed by atoms with Crippen molar-refractivity contribution in [2.75, 3.05) is 6.61 Å². The summed E-state index contributed by atoms with van der Waals surface area (Å²) >= 11 is 0. The molecule has 0 bridgehead atoms. The van der Waals surface area contributed by atoms with Gasteiger partial charge in [-0.1, -0.05) is 13.8 Å². The number of nitrogens with zero attached hydrogens (tertiary/aromatic N) is 1. The van der Waals surface area contributed by atoms with Crippen LogP contribution in [0.2, 0.25) is 0 Å². The maximum absolute atomic E-state index is 13.1. The smallest absolute Gasteiger partial charge is 0.343 e. The molecule has 3 heterocycles. The lowest BCUT2D eigenvalue weighted by Gasteiger charge is -2.64. The molecular weight excluding hydrogens is 434 g/mol. The summed E-state index contributed by atoms with van der Waals surface area (Å²) in [5, 5.41) is 10.5. The molecule has 6 atom stereocenters. The van der Waals surface area contributed by atoms with Crippen LogP contribution in [0.4, 0.5) is 0 Å². The molecule has 5 rings (SSSR count). The van der Waals surface area contributed by atoms with E-state index in [1.54, 1.807) is 18.5 Å². The van der Waals surface area contributed by atoms with Gasteiger partial charge in [0.15, 0.2) is 0 Å². The standard InChI is InChI=1S/C27H33NO6/c1-16(30)32-23-8-9-25(2)21(26(23,3)15-29)7-10-27(4)22(25)12-18-20(34-27)13-19(33-24(18)31)17-6-5-11-28-14-17/h5-6,11,13-14,21-23,29H,7-10,12,15H2,1-4H3. The highest BCUT2D eigenvalue weighted by molar-refractivity contribution is 5.66. The Morgan fingerprint density at radius 2 is 2.03 bits per heavy atom. The number of fused-ring (bicyclic) bond motifs is 4. The van der Waals surface area contributed by atoms with E-state index in [0.717, 1.165) is 24.8 Å². The van der Waals surface area contributed by atoms with E-state index in [1.807, 2.05) is 19.1 Å². The maximum atomic E-state index is 13.1. The Bertz CT molecular complexity index is 1160. The van der Waals surface area contributed by atoms with Crippen LogP contribution in [0, 0.1) is 22.7 Å². The van der Waals surface area contributed by atoms with Gasteiger partial charge in [0, 0.05) is 42.3 Å². The van der Waals surface area contributed by atoms with E-state index >= 15 is 0 Å². The highest BCUT2D eigenvalue weighted by Crippen LogP contribution is 2.64. The number of esters is 1. The van der Waals surface area contributed by atoms with Gasteiger partial charge in [0.2, 0.25) is 0 Å². The minimum Gasteiger partial charge on any atom is -0.487 e. The molecule has 6 unspecified atom stereocenters. The third-order valence-electron chi connectivity index (χ3n) is 9.09. The summed E-state index contributed by atoms with van der Waals surface area (Å²) in [6, 6.07) is 5.48. The number of aliphatic hydroxyl groups is 1. The minimum atomic E-state index is -0.547. The topological polar surface area (TPSA) is 98.9 Å². The first kappa shape index (κ1) is 23.1. The number of aliphatic hydroxyl groups excluding tert-OH is 1. The zero-order valence-corrected chi connectivity index (χ0v) is 20.3. The second kappa shape index (κ2) is 7.94. The number of pyridine rings is 1. The Morgan fingerprint density at radius 1 is 1.24 bits per heavy atom. The first-order chi connectivity index (χ1) is 16.1. The van der Waals surface area contributed by atoms with E-state index in [2.05, 4.69) is 18.8 Å². The lowest BCUT2D eigenvalue weighted by Crippen LogP contribution is -2.65. The molecule has 7 nitrogen and oxygen atoms in total. The zero-order valence-electron chi connectivity index (χ0n) is 20.3. The van der Waals surface area contributed by atoms with Crippen LogP contribution in [-0.2, 0) is 16.0 Å². The normalized spacial score (nSPS) is 36.4. The molecule has 0 spiro atoms. The highest BCUT2D eigenvalue weighted by atomic mass is 16.5. The predicted molar refractivity (Wildman–Crippen MR) is 125 cm³/mol. The van der Waals surface area contributed by atoms with Crippen molar-refractivity contribution in [1.82, 2.24) is 4.98 Å². The van der Waals surface area contributed by atoms with Gasteiger partial charge in [-0.25, -0.2) is 4.79 Å². The first-order valence-electron chi connectivity index (χ1n) is 12.2. The number of aromatic nitrogens is 1. The molecule has 0 radical (unpaired) electrons. The third kappa shape index (κ3) is 3.39. The molecule has 0 aromatic carbocycles. The Labute approximate surface area is 199 Å². The summed E-state index contributed by atoms with van der Waals surface area (Å²) in [7, 11) is 0. The number of carbonyl (C=O) groups is 1. The van der Waals surface area contributed by atoms with E-state index in [0.29, 0.717) is 29.9 Å². The second-order valence-corrected chi connectivity index (χ2v) is 11.1. The molecule has 2 aromatic rings. The molecule has 2 fully saturated rings. The lowest BCUT2D eigenvalue weighted by molar-refractivity contribution is -0.216. The van der Waals surface area contributed by atoms with E-state index in [1.165, 1.54) is 6.92 Å². The van der Waals surface area contributed by atoms with Crippen molar-refractivity contribution in [3.05, 3.63) is 46.6 Å². The van der Waals surface area contributed by atoms with Gasteiger partial charge in [0.25, 0.3) is 0 Å². The van der Waals surface area contributed by atoms with Gasteiger partial charge in [-0.2, -0.15) is 0 Å². The molecule has 182 valence electrons. The Kier molecular flexibility index (Phi) is 5.39. The molecule has 1 aliphatic heterocycles. The van der Waals surface area contributed by atoms with Gasteiger partial charge >= 0.3 is 11.6 Å². The number of carbonyl (C=O) groups excluding carboxylic acids is 1. The maximum Gasteiger partial charge on any atom is 0.343 e. The fraction of sp³-hybridized carbons (Fsp3) is 0.593. The van der Waals surface area contributed by atoms with Gasteiger partial charge in [-0.05, 0) is 62.5 Å². The molecule has 3 aliphatic rings. The van der Waals surface area contributed by atoms with Gasteiger partial charge in [-0.3, -0.25) is 9.78 Å². The van der Waals surface area contributed by atoms with Crippen molar-refractivity contribution in [3.8, 4) is 17.1 Å². The molecule has 2 aromatic heterocycles. The average molecular weight is 468 g/mol. The van der Waals surface area contributed by atoms with Crippen LogP contribution >= 0.6 is 0 Å². The van der Waals surface area contributed by atoms with Crippen molar-refractivity contribution in [2.45, 2.75) is 71.5 Å². The summed E-state index contributed by atoms with van der Waals surface area (Å²) < 4.78 is 18.0. The number of hydrogen-bond donors (Lipinski definition) is 1. The number of rotatable bonds is 3. The van der Waals surface area contributed by atoms with Crippen LogP contribution in [0.3, 0.4) is 0 Å². The van der Waals surface area contributed by atoms with Crippen molar-refractivity contribution in [1.29, 1.82) is 0 Å². The van der Waals surface area contributed by atoms with E-state index in [4.69, 9.17) is 13.9 Å². The van der Waals surface area contributed by atoms with Crippen LogP contribution in [0.25, 0.3) is 11.3 Å². The Morgan fingerprint density at radius 3 is 2.71 bits per heavy atom. The van der Waals surface area contributed by atoms with E-state index in [9.17, 15) is 14.7 Å². The summed E-state index contributed by atoms with van der Waals surface area (Å²) in [6.45, 7) is 7.82. The van der Waals surface area contributed by atoms with Gasteiger partial charge in [0.05, 0.1) is 12.2 Å². The first-order valence-corrected chi connectivity index (χ1v) is 12.2. The van der Waals surface area contributed by atoms with Crippen LogP contribution in [0.1, 0.15) is 58.9 Å². The van der Waals surface area contributed by atoms with Crippen molar-refractivity contribution in [2.24, 2.45) is 22.7 Å². The van der Waals surface area contributed by atoms with E-state index in [-0.39, 0.29) is 41.6 Å². The second-order valence-electron chi connectivity index (χ2n) is 11.1. The molecule has 0 saturated heterocycles. The highest BCUT2D eigenvalue weighted by Gasteiger charge is 2.64. The molecule has 0 amide bonds. The van der Waals surface area contributed by atoms with Gasteiger partial charge < -0.3 is 19.0 Å². The quantitative estimate of drug-likeness (QED) is 0.677. The fourth-order valence-corrected chi connectivity index (χ4v) is 7.36. The lowest BCUT2D eigenvalue weighted by atomic mass is 9.43. The molecule has 1 N–H and O–H groups in total. The van der Waals surface area contributed by atoms with Crippen molar-refractivity contribution in [3.63, 3.8) is 0 Å².